The summed E-state index contributed by atoms with van der Waals surface area (Å²) in [5.74, 6) is -0.478. The summed E-state index contributed by atoms with van der Waals surface area (Å²) in [6.07, 6.45) is 9.06. The number of benzene rings is 2. The molecule has 0 aliphatic heterocycles. The van der Waals surface area contributed by atoms with E-state index in [1.54, 1.807) is 31.2 Å². The van der Waals surface area contributed by atoms with Crippen LogP contribution in [0, 0.1) is 29.3 Å². The Morgan fingerprint density at radius 3 is 2.40 bits per heavy atom. The van der Waals surface area contributed by atoms with E-state index in [-0.39, 0.29) is 17.8 Å². The van der Waals surface area contributed by atoms with Crippen molar-refractivity contribution >= 4 is 5.57 Å². The molecule has 2 atom stereocenters. The van der Waals surface area contributed by atoms with Crippen LogP contribution in [0.25, 0.3) is 5.57 Å². The predicted octanol–water partition coefficient (Wildman–Crippen LogP) is 7.97. The number of hydrogen-bond donors (Lipinski definition) is 1. The van der Waals surface area contributed by atoms with Gasteiger partial charge in [-0.25, -0.2) is 13.2 Å². The Kier molecular flexibility index (Phi) is 8.59. The van der Waals surface area contributed by atoms with Gasteiger partial charge in [0.25, 0.3) is 0 Å². The molecule has 0 bridgehead atoms. The molecule has 4 rings (SSSR count). The molecule has 0 heterocycles. The molecule has 2 nitrogen and oxygen atoms in total. The normalized spacial score (nSPS) is 23.6. The highest BCUT2D eigenvalue weighted by Gasteiger charge is 2.25. The van der Waals surface area contributed by atoms with E-state index in [9.17, 15) is 18.3 Å². The van der Waals surface area contributed by atoms with Gasteiger partial charge >= 0.3 is 0 Å². The van der Waals surface area contributed by atoms with Crippen LogP contribution in [-0.2, 0) is 6.42 Å². The van der Waals surface area contributed by atoms with Crippen LogP contribution in [0.1, 0.15) is 87.8 Å². The maximum atomic E-state index is 14.9. The third-order valence-corrected chi connectivity index (χ3v) is 8.04. The molecule has 0 amide bonds. The van der Waals surface area contributed by atoms with E-state index in [0.29, 0.717) is 54.6 Å². The molecule has 0 aromatic heterocycles. The molecule has 1 fully saturated rings. The second kappa shape index (κ2) is 11.6. The van der Waals surface area contributed by atoms with Crippen molar-refractivity contribution in [1.82, 2.24) is 0 Å². The number of aliphatic hydroxyl groups is 1. The summed E-state index contributed by atoms with van der Waals surface area (Å²) in [5, 5.41) is 9.76. The highest BCUT2D eigenvalue weighted by atomic mass is 19.2. The zero-order chi connectivity index (χ0) is 24.9. The molecule has 0 radical (unpaired) electrons. The summed E-state index contributed by atoms with van der Waals surface area (Å²) in [5.41, 5.74) is 2.66. The van der Waals surface area contributed by atoms with Crippen LogP contribution in [-0.4, -0.2) is 17.8 Å². The summed E-state index contributed by atoms with van der Waals surface area (Å²) in [7, 11) is 0. The first-order chi connectivity index (χ1) is 16.9. The third kappa shape index (κ3) is 6.11. The molecule has 190 valence electrons. The lowest BCUT2D eigenvalue weighted by Gasteiger charge is -2.29. The Morgan fingerprint density at radius 2 is 1.77 bits per heavy atom. The van der Waals surface area contributed by atoms with Gasteiger partial charge in [0.05, 0.1) is 12.7 Å². The van der Waals surface area contributed by atoms with Gasteiger partial charge in [-0.05, 0) is 118 Å². The molecular formula is C30H37F3O2. The maximum absolute atomic E-state index is 14.9. The lowest BCUT2D eigenvalue weighted by atomic mass is 9.77. The summed E-state index contributed by atoms with van der Waals surface area (Å²) >= 11 is 0. The number of allylic oxidation sites excluding steroid dienone is 2. The van der Waals surface area contributed by atoms with Crippen molar-refractivity contribution in [3.05, 3.63) is 70.5 Å². The van der Waals surface area contributed by atoms with Gasteiger partial charge in [0.1, 0.15) is 0 Å². The van der Waals surface area contributed by atoms with Crippen molar-refractivity contribution in [2.24, 2.45) is 11.8 Å². The van der Waals surface area contributed by atoms with Crippen molar-refractivity contribution in [3.8, 4) is 5.75 Å². The molecule has 2 aromatic carbocycles. The van der Waals surface area contributed by atoms with Crippen molar-refractivity contribution < 1.29 is 23.0 Å². The van der Waals surface area contributed by atoms with E-state index in [0.717, 1.165) is 49.7 Å². The first-order valence-corrected chi connectivity index (χ1v) is 13.1. The minimum absolute atomic E-state index is 0.189. The first-order valence-electron chi connectivity index (χ1n) is 13.1. The number of rotatable bonds is 8. The van der Waals surface area contributed by atoms with E-state index in [2.05, 4.69) is 0 Å². The Balaban J connectivity index is 1.31. The van der Waals surface area contributed by atoms with Gasteiger partial charge in [0.2, 0.25) is 0 Å². The van der Waals surface area contributed by atoms with Gasteiger partial charge < -0.3 is 9.84 Å². The molecule has 0 saturated heterocycles. The van der Waals surface area contributed by atoms with Gasteiger partial charge in [-0.15, -0.1) is 0 Å². The van der Waals surface area contributed by atoms with Crippen molar-refractivity contribution in [2.45, 2.75) is 83.7 Å². The van der Waals surface area contributed by atoms with Crippen LogP contribution in [0.2, 0.25) is 0 Å². The van der Waals surface area contributed by atoms with E-state index in [1.165, 1.54) is 0 Å². The number of aliphatic hydroxyl groups excluding tert-OH is 1. The Hall–Kier alpha value is -2.27. The Bertz CT molecular complexity index is 1040. The fraction of sp³-hybridized carbons (Fsp3) is 0.533. The van der Waals surface area contributed by atoms with Crippen molar-refractivity contribution in [1.29, 1.82) is 0 Å². The summed E-state index contributed by atoms with van der Waals surface area (Å²) < 4.78 is 49.3. The quantitative estimate of drug-likeness (QED) is 0.410. The monoisotopic (exact) mass is 486 g/mol. The number of halogens is 3. The smallest absolute Gasteiger partial charge is 0.166 e. The topological polar surface area (TPSA) is 29.5 Å². The molecule has 1 saturated carbocycles. The lowest BCUT2D eigenvalue weighted by Crippen LogP contribution is -2.18. The molecule has 2 aliphatic carbocycles. The number of aryl methyl sites for hydroxylation is 1. The molecule has 2 unspecified atom stereocenters. The number of hydrogen-bond acceptors (Lipinski definition) is 2. The molecule has 5 heteroatoms. The van der Waals surface area contributed by atoms with Crippen LogP contribution in [0.5, 0.6) is 5.75 Å². The zero-order valence-corrected chi connectivity index (χ0v) is 20.8. The van der Waals surface area contributed by atoms with Gasteiger partial charge in [0, 0.05) is 5.56 Å². The standard InChI is InChI=1S/C30H37F3O2/c1-3-35-28-17-15-25(18-27(28)31)22-7-4-20(5-8-22)6-9-24-14-16-26(30(33)29(24)32)23-12-10-21(11-13-23)19(2)34/h12,14-22,34H,3-11,13H2,1-2H3. The molecule has 1 N–H and O–H groups in total. The average molecular weight is 487 g/mol. The summed E-state index contributed by atoms with van der Waals surface area (Å²) in [6, 6.07) is 8.74. The SMILES string of the molecule is CCOc1ccc(C2CCC(CCc3ccc(C4=CCC(C(C)O)CC4)c(F)c3F)CC2)cc1F. The van der Waals surface area contributed by atoms with Gasteiger partial charge in [-0.3, -0.25) is 0 Å². The largest absolute Gasteiger partial charge is 0.491 e. The van der Waals surface area contributed by atoms with E-state index >= 15 is 0 Å². The summed E-state index contributed by atoms with van der Waals surface area (Å²) in [6.45, 7) is 4.06. The molecule has 35 heavy (non-hydrogen) atoms. The van der Waals surface area contributed by atoms with Crippen LogP contribution < -0.4 is 4.74 Å². The van der Waals surface area contributed by atoms with E-state index < -0.39 is 11.6 Å². The highest BCUT2D eigenvalue weighted by molar-refractivity contribution is 5.67. The minimum Gasteiger partial charge on any atom is -0.491 e. The number of ether oxygens (including phenoxy) is 1. The average Bonchev–Trinajstić information content (AvgIpc) is 2.87. The van der Waals surface area contributed by atoms with Crippen LogP contribution in [0.4, 0.5) is 13.2 Å². The van der Waals surface area contributed by atoms with E-state index in [4.69, 9.17) is 4.74 Å². The molecule has 2 aliphatic rings. The molecular weight excluding hydrogens is 449 g/mol. The van der Waals surface area contributed by atoms with Gasteiger partial charge in [-0.1, -0.05) is 24.3 Å². The first kappa shape index (κ1) is 25.8. The van der Waals surface area contributed by atoms with E-state index in [1.807, 2.05) is 19.1 Å². The molecule has 0 spiro atoms. The Morgan fingerprint density at radius 1 is 1.00 bits per heavy atom. The van der Waals surface area contributed by atoms with Crippen LogP contribution in [0.15, 0.2) is 36.4 Å². The zero-order valence-electron chi connectivity index (χ0n) is 20.8. The molecule has 2 aromatic rings. The fourth-order valence-corrected chi connectivity index (χ4v) is 5.76. The summed E-state index contributed by atoms with van der Waals surface area (Å²) in [4.78, 5) is 0. The third-order valence-electron chi connectivity index (χ3n) is 8.04. The van der Waals surface area contributed by atoms with Gasteiger partial charge in [0.15, 0.2) is 23.2 Å². The second-order valence-corrected chi connectivity index (χ2v) is 10.3. The minimum atomic E-state index is -0.745. The fourth-order valence-electron chi connectivity index (χ4n) is 5.76. The second-order valence-electron chi connectivity index (χ2n) is 10.3. The van der Waals surface area contributed by atoms with Crippen LogP contribution >= 0.6 is 0 Å². The van der Waals surface area contributed by atoms with Crippen molar-refractivity contribution in [2.75, 3.05) is 6.61 Å². The highest BCUT2D eigenvalue weighted by Crippen LogP contribution is 2.39. The van der Waals surface area contributed by atoms with Crippen molar-refractivity contribution in [3.63, 3.8) is 0 Å². The lowest BCUT2D eigenvalue weighted by molar-refractivity contribution is 0.120. The predicted molar refractivity (Wildman–Crippen MR) is 134 cm³/mol. The maximum Gasteiger partial charge on any atom is 0.166 e. The van der Waals surface area contributed by atoms with Crippen LogP contribution in [0.3, 0.4) is 0 Å². The Labute approximate surface area is 207 Å². The van der Waals surface area contributed by atoms with Gasteiger partial charge in [-0.2, -0.15) is 0 Å².